The van der Waals surface area contributed by atoms with Crippen molar-refractivity contribution in [1.29, 1.82) is 0 Å². The predicted octanol–water partition coefficient (Wildman–Crippen LogP) is 1.51. The van der Waals surface area contributed by atoms with Crippen molar-refractivity contribution in [3.63, 3.8) is 0 Å². The number of hydrogen-bond donors (Lipinski definition) is 0. The third-order valence-corrected chi connectivity index (χ3v) is 6.51. The highest BCUT2D eigenvalue weighted by Crippen LogP contribution is 2.27. The van der Waals surface area contributed by atoms with Crippen molar-refractivity contribution in [3.05, 3.63) is 60.2 Å². The van der Waals surface area contributed by atoms with Crippen molar-refractivity contribution in [3.8, 4) is 11.4 Å². The van der Waals surface area contributed by atoms with E-state index in [2.05, 4.69) is 20.4 Å². The Labute approximate surface area is 201 Å². The molecular formula is C24H26FN7O3. The largest absolute Gasteiger partial charge is 0.497 e. The number of aromatic nitrogens is 4. The standard InChI is InChI=1S/C24H26FN7O3/c1-35-21-8-6-20(7-9-21)32-22(26-27-28-32)16-29-10-12-30(13-11-29)24(34)17-14-23(33)31(15-17)19-4-2-18(25)3-5-19/h2-9,17H,10-16H2,1H3. The van der Waals surface area contributed by atoms with E-state index in [1.165, 1.54) is 12.1 Å². The van der Waals surface area contributed by atoms with Gasteiger partial charge in [-0.25, -0.2) is 4.39 Å². The first-order chi connectivity index (χ1) is 17.0. The maximum atomic E-state index is 13.2. The number of piperazine rings is 1. The predicted molar refractivity (Wildman–Crippen MR) is 124 cm³/mol. The quantitative estimate of drug-likeness (QED) is 0.529. The monoisotopic (exact) mass is 479 g/mol. The molecule has 2 aliphatic heterocycles. The molecule has 0 saturated carbocycles. The first-order valence-corrected chi connectivity index (χ1v) is 11.5. The number of hydrogen-bond acceptors (Lipinski definition) is 7. The van der Waals surface area contributed by atoms with E-state index in [-0.39, 0.29) is 30.0 Å². The minimum absolute atomic E-state index is 0.00863. The molecule has 11 heteroatoms. The Bertz CT molecular complexity index is 1190. The van der Waals surface area contributed by atoms with E-state index in [1.54, 1.807) is 28.8 Å². The summed E-state index contributed by atoms with van der Waals surface area (Å²) in [5, 5.41) is 12.1. The second-order valence-electron chi connectivity index (χ2n) is 8.69. The first kappa shape index (κ1) is 22.9. The first-order valence-electron chi connectivity index (χ1n) is 11.5. The molecule has 0 bridgehead atoms. The van der Waals surface area contributed by atoms with E-state index in [0.29, 0.717) is 50.8 Å². The SMILES string of the molecule is COc1ccc(-n2nnnc2CN2CCN(C(=O)C3CC(=O)N(c4ccc(F)cc4)C3)CC2)cc1. The number of carbonyl (C=O) groups is 2. The summed E-state index contributed by atoms with van der Waals surface area (Å²) >= 11 is 0. The van der Waals surface area contributed by atoms with Gasteiger partial charge in [-0.05, 0) is 59.0 Å². The molecule has 2 aromatic carbocycles. The van der Waals surface area contributed by atoms with Crippen LogP contribution in [0.15, 0.2) is 48.5 Å². The molecule has 0 N–H and O–H groups in total. The number of anilines is 1. The zero-order valence-electron chi connectivity index (χ0n) is 19.4. The van der Waals surface area contributed by atoms with Gasteiger partial charge in [-0.2, -0.15) is 4.68 Å². The Morgan fingerprint density at radius 1 is 1.03 bits per heavy atom. The summed E-state index contributed by atoms with van der Waals surface area (Å²) in [5.74, 6) is 0.607. The van der Waals surface area contributed by atoms with Gasteiger partial charge in [-0.15, -0.1) is 5.10 Å². The topological polar surface area (TPSA) is 96.7 Å². The summed E-state index contributed by atoms with van der Waals surface area (Å²) in [6, 6.07) is 13.3. The molecule has 3 aromatic rings. The molecule has 2 aliphatic rings. The Morgan fingerprint density at radius 2 is 1.71 bits per heavy atom. The summed E-state index contributed by atoms with van der Waals surface area (Å²) in [7, 11) is 1.62. The molecule has 2 saturated heterocycles. The van der Waals surface area contributed by atoms with Crippen LogP contribution in [-0.2, 0) is 16.1 Å². The molecule has 0 aliphatic carbocycles. The van der Waals surface area contributed by atoms with E-state index < -0.39 is 0 Å². The molecule has 2 fully saturated rings. The lowest BCUT2D eigenvalue weighted by molar-refractivity contribution is -0.137. The van der Waals surface area contributed by atoms with Crippen molar-refractivity contribution in [2.45, 2.75) is 13.0 Å². The molecule has 5 rings (SSSR count). The average Bonchev–Trinajstić information content (AvgIpc) is 3.51. The normalized spacial score (nSPS) is 18.8. The van der Waals surface area contributed by atoms with Gasteiger partial charge in [0.25, 0.3) is 0 Å². The fraction of sp³-hybridized carbons (Fsp3) is 0.375. The molecule has 1 atom stereocenters. The number of carbonyl (C=O) groups excluding carboxylic acids is 2. The summed E-state index contributed by atoms with van der Waals surface area (Å²) < 4.78 is 20.1. The molecule has 0 spiro atoms. The minimum Gasteiger partial charge on any atom is -0.497 e. The molecule has 1 aromatic heterocycles. The lowest BCUT2D eigenvalue weighted by atomic mass is 10.1. The van der Waals surface area contributed by atoms with Gasteiger partial charge in [-0.3, -0.25) is 14.5 Å². The van der Waals surface area contributed by atoms with E-state index >= 15 is 0 Å². The number of rotatable bonds is 6. The van der Waals surface area contributed by atoms with Crippen LogP contribution >= 0.6 is 0 Å². The zero-order valence-corrected chi connectivity index (χ0v) is 19.4. The molecule has 0 radical (unpaired) electrons. The fourth-order valence-corrected chi connectivity index (χ4v) is 4.56. The molecule has 35 heavy (non-hydrogen) atoms. The number of methoxy groups -OCH3 is 1. The highest BCUT2D eigenvalue weighted by Gasteiger charge is 2.38. The molecular weight excluding hydrogens is 453 g/mol. The highest BCUT2D eigenvalue weighted by atomic mass is 19.1. The number of ether oxygens (including phenoxy) is 1. The van der Waals surface area contributed by atoms with Crippen molar-refractivity contribution in [1.82, 2.24) is 30.0 Å². The van der Waals surface area contributed by atoms with Crippen LogP contribution in [0.4, 0.5) is 10.1 Å². The van der Waals surface area contributed by atoms with Gasteiger partial charge in [-0.1, -0.05) is 0 Å². The number of amides is 2. The maximum absolute atomic E-state index is 13.2. The lowest BCUT2D eigenvalue weighted by Gasteiger charge is -2.35. The maximum Gasteiger partial charge on any atom is 0.228 e. The van der Waals surface area contributed by atoms with E-state index in [0.717, 1.165) is 11.4 Å². The van der Waals surface area contributed by atoms with Crippen LogP contribution in [-0.4, -0.2) is 81.7 Å². The Kier molecular flexibility index (Phi) is 6.41. The van der Waals surface area contributed by atoms with Crippen LogP contribution in [0.1, 0.15) is 12.2 Å². The minimum atomic E-state index is -0.388. The molecule has 1 unspecified atom stereocenters. The number of halogens is 1. The number of benzene rings is 2. The lowest BCUT2D eigenvalue weighted by Crippen LogP contribution is -2.50. The van der Waals surface area contributed by atoms with Gasteiger partial charge in [0.05, 0.1) is 25.3 Å². The smallest absolute Gasteiger partial charge is 0.228 e. The highest BCUT2D eigenvalue weighted by molar-refractivity contribution is 6.00. The summed E-state index contributed by atoms with van der Waals surface area (Å²) in [5.41, 5.74) is 1.46. The van der Waals surface area contributed by atoms with Gasteiger partial charge < -0.3 is 14.5 Å². The van der Waals surface area contributed by atoms with E-state index in [4.69, 9.17) is 4.74 Å². The summed E-state index contributed by atoms with van der Waals surface area (Å²) in [4.78, 5) is 31.2. The van der Waals surface area contributed by atoms with Crippen LogP contribution < -0.4 is 9.64 Å². The molecule has 10 nitrogen and oxygen atoms in total. The third kappa shape index (κ3) is 4.85. The van der Waals surface area contributed by atoms with Crippen LogP contribution in [0.3, 0.4) is 0 Å². The summed E-state index contributed by atoms with van der Waals surface area (Å²) in [6.45, 7) is 3.39. The van der Waals surface area contributed by atoms with Gasteiger partial charge in [0.15, 0.2) is 5.82 Å². The summed E-state index contributed by atoms with van der Waals surface area (Å²) in [6.07, 6.45) is 0.174. The van der Waals surface area contributed by atoms with E-state index in [1.807, 2.05) is 29.2 Å². The van der Waals surface area contributed by atoms with Gasteiger partial charge in [0.2, 0.25) is 11.8 Å². The van der Waals surface area contributed by atoms with Crippen LogP contribution in [0, 0.1) is 11.7 Å². The molecule has 2 amide bonds. The van der Waals surface area contributed by atoms with Crippen LogP contribution in [0.5, 0.6) is 5.75 Å². The van der Waals surface area contributed by atoms with Gasteiger partial charge >= 0.3 is 0 Å². The average molecular weight is 480 g/mol. The Hall–Kier alpha value is -3.86. The molecule has 182 valence electrons. The van der Waals surface area contributed by atoms with Crippen LogP contribution in [0.25, 0.3) is 5.69 Å². The van der Waals surface area contributed by atoms with Gasteiger partial charge in [0, 0.05) is 44.8 Å². The third-order valence-electron chi connectivity index (χ3n) is 6.51. The van der Waals surface area contributed by atoms with E-state index in [9.17, 15) is 14.0 Å². The molecule has 3 heterocycles. The number of nitrogens with zero attached hydrogens (tertiary/aromatic N) is 7. The fourth-order valence-electron chi connectivity index (χ4n) is 4.56. The van der Waals surface area contributed by atoms with Gasteiger partial charge in [0.1, 0.15) is 11.6 Å². The second kappa shape index (κ2) is 9.79. The zero-order chi connectivity index (χ0) is 24.4. The number of tetrazole rings is 1. The van der Waals surface area contributed by atoms with Crippen molar-refractivity contribution in [2.24, 2.45) is 5.92 Å². The van der Waals surface area contributed by atoms with Crippen molar-refractivity contribution in [2.75, 3.05) is 44.7 Å². The Balaban J connectivity index is 1.16. The Morgan fingerprint density at radius 3 is 2.40 bits per heavy atom. The van der Waals surface area contributed by atoms with Crippen LogP contribution in [0.2, 0.25) is 0 Å². The van der Waals surface area contributed by atoms with Crippen molar-refractivity contribution >= 4 is 17.5 Å². The second-order valence-corrected chi connectivity index (χ2v) is 8.69. The van der Waals surface area contributed by atoms with Crippen molar-refractivity contribution < 1.29 is 18.7 Å².